The molecule has 0 amide bonds. The third kappa shape index (κ3) is 4.99. The van der Waals surface area contributed by atoms with E-state index in [1.54, 1.807) is 6.07 Å². The van der Waals surface area contributed by atoms with Crippen molar-refractivity contribution in [2.24, 2.45) is 4.99 Å². The van der Waals surface area contributed by atoms with Gasteiger partial charge in [-0.25, -0.2) is 4.99 Å². The third-order valence-corrected chi connectivity index (χ3v) is 5.17. The predicted octanol–water partition coefficient (Wildman–Crippen LogP) is 5.53. The molecule has 3 aromatic carbocycles. The van der Waals surface area contributed by atoms with Gasteiger partial charge in [0.15, 0.2) is 5.88 Å². The molecule has 0 saturated carbocycles. The van der Waals surface area contributed by atoms with Crippen LogP contribution in [0, 0.1) is 10.1 Å². The van der Waals surface area contributed by atoms with Crippen molar-refractivity contribution in [2.75, 3.05) is 20.6 Å². The van der Waals surface area contributed by atoms with E-state index in [9.17, 15) is 15.2 Å². The molecule has 166 valence electrons. The lowest BCUT2D eigenvalue weighted by Crippen LogP contribution is -2.10. The molecule has 1 aromatic heterocycles. The van der Waals surface area contributed by atoms with Crippen molar-refractivity contribution in [1.82, 2.24) is 9.88 Å². The molecule has 33 heavy (non-hydrogen) atoms. The van der Waals surface area contributed by atoms with Gasteiger partial charge in [-0.05, 0) is 37.9 Å². The van der Waals surface area contributed by atoms with Crippen LogP contribution in [0.15, 0.2) is 83.9 Å². The first-order valence-electron chi connectivity index (χ1n) is 10.5. The fourth-order valence-electron chi connectivity index (χ4n) is 3.57. The normalized spacial score (nSPS) is 12.2. The van der Waals surface area contributed by atoms with E-state index in [1.807, 2.05) is 68.7 Å². The topological polar surface area (TPSA) is 94.8 Å². The number of nitro benzene ring substituents is 1. The minimum atomic E-state index is -0.449. The van der Waals surface area contributed by atoms with Gasteiger partial charge in [0.2, 0.25) is 0 Å². The number of H-pyrrole nitrogens is 1. The Hall–Kier alpha value is -4.23. The van der Waals surface area contributed by atoms with Crippen LogP contribution in [0.4, 0.5) is 11.4 Å². The summed E-state index contributed by atoms with van der Waals surface area (Å²) in [6, 6.07) is 21.7. The number of aromatic nitrogens is 1. The van der Waals surface area contributed by atoms with Gasteiger partial charge in [0.05, 0.1) is 21.9 Å². The van der Waals surface area contributed by atoms with Gasteiger partial charge >= 0.3 is 0 Å². The highest BCUT2D eigenvalue weighted by atomic mass is 16.6. The Balaban J connectivity index is 1.82. The molecule has 0 saturated heterocycles. The van der Waals surface area contributed by atoms with Gasteiger partial charge in [-0.15, -0.1) is 0 Å². The van der Waals surface area contributed by atoms with Gasteiger partial charge in [-0.1, -0.05) is 54.6 Å². The quantitative estimate of drug-likeness (QED) is 0.225. The summed E-state index contributed by atoms with van der Waals surface area (Å²) >= 11 is 0. The van der Waals surface area contributed by atoms with E-state index in [4.69, 9.17) is 4.99 Å². The highest BCUT2D eigenvalue weighted by molar-refractivity contribution is 6.22. The molecule has 0 spiro atoms. The number of non-ortho nitro benzene ring substituents is 1. The fraction of sp³-hybridized carbons (Fsp3) is 0.115. The summed E-state index contributed by atoms with van der Waals surface area (Å²) in [5.41, 5.74) is 4.04. The second-order valence-electron chi connectivity index (χ2n) is 7.92. The van der Waals surface area contributed by atoms with Crippen LogP contribution in [-0.2, 0) is 0 Å². The molecule has 7 nitrogen and oxygen atoms in total. The fourth-order valence-corrected chi connectivity index (χ4v) is 3.57. The molecule has 4 rings (SSSR count). The van der Waals surface area contributed by atoms with Gasteiger partial charge < -0.3 is 15.0 Å². The van der Waals surface area contributed by atoms with Crippen molar-refractivity contribution in [1.29, 1.82) is 0 Å². The second kappa shape index (κ2) is 9.50. The lowest BCUT2D eigenvalue weighted by Gasteiger charge is -2.08. The first-order valence-corrected chi connectivity index (χ1v) is 10.5. The number of likely N-dealkylation sites (N-methyl/N-ethyl adjacent to an activating group) is 1. The van der Waals surface area contributed by atoms with Gasteiger partial charge in [0.1, 0.15) is 0 Å². The van der Waals surface area contributed by atoms with E-state index in [0.29, 0.717) is 27.9 Å². The molecule has 0 aliphatic heterocycles. The maximum absolute atomic E-state index is 11.3. The van der Waals surface area contributed by atoms with E-state index in [2.05, 4.69) is 22.0 Å². The number of rotatable bonds is 7. The number of aromatic amines is 1. The van der Waals surface area contributed by atoms with Crippen LogP contribution < -0.4 is 0 Å². The molecular formula is C26H24N4O3. The summed E-state index contributed by atoms with van der Waals surface area (Å²) in [4.78, 5) is 20.7. The van der Waals surface area contributed by atoms with E-state index >= 15 is 0 Å². The highest BCUT2D eigenvalue weighted by Crippen LogP contribution is 2.33. The number of hydrogen-bond donors (Lipinski definition) is 2. The zero-order valence-electron chi connectivity index (χ0n) is 18.4. The average Bonchev–Trinajstić information content (AvgIpc) is 3.13. The number of aromatic hydroxyl groups is 1. The summed E-state index contributed by atoms with van der Waals surface area (Å²) in [6.45, 7) is 0.851. The number of benzene rings is 3. The van der Waals surface area contributed by atoms with Crippen LogP contribution in [-0.4, -0.2) is 46.3 Å². The highest BCUT2D eigenvalue weighted by Gasteiger charge is 2.20. The average molecular weight is 441 g/mol. The first-order chi connectivity index (χ1) is 15.9. The Morgan fingerprint density at radius 2 is 1.82 bits per heavy atom. The largest absolute Gasteiger partial charge is 0.494 e. The van der Waals surface area contributed by atoms with Crippen molar-refractivity contribution in [3.8, 4) is 5.88 Å². The van der Waals surface area contributed by atoms with Gasteiger partial charge in [-0.3, -0.25) is 10.1 Å². The molecule has 2 N–H and O–H groups in total. The Morgan fingerprint density at radius 3 is 2.48 bits per heavy atom. The molecule has 0 bridgehead atoms. The van der Waals surface area contributed by atoms with Crippen LogP contribution in [0.25, 0.3) is 17.0 Å². The lowest BCUT2D eigenvalue weighted by atomic mass is 10.0. The van der Waals surface area contributed by atoms with Crippen molar-refractivity contribution >= 4 is 34.1 Å². The SMILES string of the molecule is CN(C)C/C=C/c1ccc(N=C(c2ccccc2)c2c(O)[nH]c3ccc([N+](=O)[O-])cc23)cc1. The Morgan fingerprint density at radius 1 is 1.09 bits per heavy atom. The molecule has 0 radical (unpaired) electrons. The number of aliphatic imine (C=N–C) groups is 1. The van der Waals surface area contributed by atoms with Crippen molar-refractivity contribution in [2.45, 2.75) is 0 Å². The monoisotopic (exact) mass is 440 g/mol. The van der Waals surface area contributed by atoms with Crippen LogP contribution in [0.2, 0.25) is 0 Å². The van der Waals surface area contributed by atoms with E-state index in [0.717, 1.165) is 17.7 Å². The zero-order chi connectivity index (χ0) is 23.4. The molecule has 0 atom stereocenters. The number of hydrogen-bond acceptors (Lipinski definition) is 5. The van der Waals surface area contributed by atoms with Crippen molar-refractivity contribution in [3.63, 3.8) is 0 Å². The molecule has 4 aromatic rings. The molecular weight excluding hydrogens is 416 g/mol. The molecule has 0 aliphatic carbocycles. The molecule has 1 heterocycles. The maximum Gasteiger partial charge on any atom is 0.270 e. The number of nitrogens with zero attached hydrogens (tertiary/aromatic N) is 3. The van der Waals surface area contributed by atoms with Gasteiger partial charge in [0.25, 0.3) is 5.69 Å². The van der Waals surface area contributed by atoms with Crippen LogP contribution in [0.1, 0.15) is 16.7 Å². The third-order valence-electron chi connectivity index (χ3n) is 5.17. The minimum Gasteiger partial charge on any atom is -0.494 e. The Bertz CT molecular complexity index is 1340. The van der Waals surface area contributed by atoms with E-state index in [-0.39, 0.29) is 11.6 Å². The Labute approximate surface area is 191 Å². The summed E-state index contributed by atoms with van der Waals surface area (Å²) in [7, 11) is 4.03. The smallest absolute Gasteiger partial charge is 0.270 e. The standard InChI is InChI=1S/C26H24N4O3/c1-29(2)16-6-7-18-10-12-20(13-11-18)27-25(19-8-4-3-5-9-19)24-22-17-21(30(32)33)14-15-23(22)28-26(24)31/h3-15,17,28,31H,16H2,1-2H3/b7-6+,27-25?. The van der Waals surface area contributed by atoms with Crippen molar-refractivity contribution < 1.29 is 10.0 Å². The Kier molecular flexibility index (Phi) is 6.33. The van der Waals surface area contributed by atoms with Crippen LogP contribution in [0.5, 0.6) is 5.88 Å². The summed E-state index contributed by atoms with van der Waals surface area (Å²) in [5, 5.41) is 22.6. The number of fused-ring (bicyclic) bond motifs is 1. The minimum absolute atomic E-state index is 0.0518. The summed E-state index contributed by atoms with van der Waals surface area (Å²) in [6.07, 6.45) is 4.14. The molecule has 0 fully saturated rings. The lowest BCUT2D eigenvalue weighted by molar-refractivity contribution is -0.384. The van der Waals surface area contributed by atoms with Crippen LogP contribution in [0.3, 0.4) is 0 Å². The van der Waals surface area contributed by atoms with Crippen molar-refractivity contribution in [3.05, 3.63) is 106 Å². The van der Waals surface area contributed by atoms with E-state index < -0.39 is 4.92 Å². The zero-order valence-corrected chi connectivity index (χ0v) is 18.4. The van der Waals surface area contributed by atoms with Gasteiger partial charge in [0, 0.05) is 35.1 Å². The van der Waals surface area contributed by atoms with Gasteiger partial charge in [-0.2, -0.15) is 0 Å². The maximum atomic E-state index is 11.3. The number of nitro groups is 1. The second-order valence-corrected chi connectivity index (χ2v) is 7.92. The van der Waals surface area contributed by atoms with E-state index in [1.165, 1.54) is 12.1 Å². The van der Waals surface area contributed by atoms with Crippen LogP contribution >= 0.6 is 0 Å². The number of nitrogens with one attached hydrogen (secondary N) is 1. The summed E-state index contributed by atoms with van der Waals surface area (Å²) < 4.78 is 0. The molecule has 7 heteroatoms. The molecule has 0 unspecified atom stereocenters. The molecule has 0 aliphatic rings. The first kappa shape index (κ1) is 22.0. The summed E-state index contributed by atoms with van der Waals surface area (Å²) in [5.74, 6) is -0.0867. The predicted molar refractivity (Wildman–Crippen MR) is 132 cm³/mol.